The second-order valence-corrected chi connectivity index (χ2v) is 9.71. The molecule has 0 saturated heterocycles. The Balaban J connectivity index is 2.11. The van der Waals surface area contributed by atoms with Crippen LogP contribution in [-0.2, 0) is 21.9 Å². The van der Waals surface area contributed by atoms with Gasteiger partial charge in [0.2, 0.25) is 11.8 Å². The third-order valence-corrected chi connectivity index (χ3v) is 6.78. The van der Waals surface area contributed by atoms with E-state index in [1.807, 2.05) is 25.1 Å². The average Bonchev–Trinajstić information content (AvgIpc) is 2.76. The summed E-state index contributed by atoms with van der Waals surface area (Å²) in [5.41, 5.74) is 1.84. The normalized spacial score (nSPS) is 11.8. The fraction of sp³-hybridized carbons (Fsp3) is 0.417. The Morgan fingerprint density at radius 3 is 2.34 bits per heavy atom. The van der Waals surface area contributed by atoms with Crippen molar-refractivity contribution in [2.45, 2.75) is 51.4 Å². The molecule has 0 heterocycles. The number of benzene rings is 2. The van der Waals surface area contributed by atoms with Crippen molar-refractivity contribution >= 4 is 58.4 Å². The highest BCUT2D eigenvalue weighted by molar-refractivity contribution is 7.99. The molecule has 1 atom stereocenters. The summed E-state index contributed by atoms with van der Waals surface area (Å²) in [6.45, 7) is 4.95. The second-order valence-electron chi connectivity index (χ2n) is 7.45. The molecule has 2 aromatic carbocycles. The zero-order valence-electron chi connectivity index (χ0n) is 18.4. The van der Waals surface area contributed by atoms with E-state index in [2.05, 4.69) is 12.2 Å². The zero-order valence-corrected chi connectivity index (χ0v) is 21.5. The lowest BCUT2D eigenvalue weighted by molar-refractivity contribution is -0.139. The van der Waals surface area contributed by atoms with Gasteiger partial charge in [-0.15, -0.1) is 11.8 Å². The molecule has 0 fully saturated rings. The third-order valence-electron chi connectivity index (χ3n) is 4.98. The number of rotatable bonds is 12. The van der Waals surface area contributed by atoms with Gasteiger partial charge in [0.05, 0.1) is 5.75 Å². The van der Waals surface area contributed by atoms with Gasteiger partial charge in [-0.3, -0.25) is 9.59 Å². The van der Waals surface area contributed by atoms with Gasteiger partial charge in [-0.1, -0.05) is 73.3 Å². The Kier molecular flexibility index (Phi) is 11.7. The Hall–Kier alpha value is -1.40. The van der Waals surface area contributed by atoms with Crippen LogP contribution in [0.5, 0.6) is 0 Å². The SMILES string of the molecule is CCCCNC(=O)C(CC)N(Cc1ccc(Cl)cc1)C(=O)CSCc1ccc(Cl)cc1Cl. The topological polar surface area (TPSA) is 49.4 Å². The minimum Gasteiger partial charge on any atom is -0.354 e. The summed E-state index contributed by atoms with van der Waals surface area (Å²) in [6, 6.07) is 12.2. The van der Waals surface area contributed by atoms with Gasteiger partial charge in [0, 0.05) is 33.9 Å². The number of hydrogen-bond acceptors (Lipinski definition) is 3. The van der Waals surface area contributed by atoms with Crippen LogP contribution < -0.4 is 5.32 Å². The van der Waals surface area contributed by atoms with Crippen molar-refractivity contribution in [3.05, 3.63) is 68.7 Å². The number of halogens is 3. The van der Waals surface area contributed by atoms with Gasteiger partial charge in [0.1, 0.15) is 6.04 Å². The molecule has 0 radical (unpaired) electrons. The molecular weight excluding hydrogens is 487 g/mol. The summed E-state index contributed by atoms with van der Waals surface area (Å²) in [4.78, 5) is 27.7. The number of carbonyl (C=O) groups excluding carboxylic acids is 2. The zero-order chi connectivity index (χ0) is 23.5. The van der Waals surface area contributed by atoms with E-state index in [1.165, 1.54) is 11.8 Å². The quantitative estimate of drug-likeness (QED) is 0.324. The van der Waals surface area contributed by atoms with Crippen LogP contribution in [0.25, 0.3) is 0 Å². The summed E-state index contributed by atoms with van der Waals surface area (Å²) in [5.74, 6) is 0.614. The number of hydrogen-bond donors (Lipinski definition) is 1. The molecule has 174 valence electrons. The van der Waals surface area contributed by atoms with Crippen molar-refractivity contribution in [3.63, 3.8) is 0 Å². The van der Waals surface area contributed by atoms with Crippen LogP contribution >= 0.6 is 46.6 Å². The molecule has 0 saturated carbocycles. The molecule has 0 aromatic heterocycles. The van der Waals surface area contributed by atoms with Gasteiger partial charge in [0.15, 0.2) is 0 Å². The largest absolute Gasteiger partial charge is 0.354 e. The molecule has 2 aromatic rings. The molecule has 8 heteroatoms. The number of carbonyl (C=O) groups is 2. The van der Waals surface area contributed by atoms with E-state index in [9.17, 15) is 9.59 Å². The van der Waals surface area contributed by atoms with Gasteiger partial charge in [0.25, 0.3) is 0 Å². The van der Waals surface area contributed by atoms with Crippen LogP contribution in [0.4, 0.5) is 0 Å². The molecule has 2 rings (SSSR count). The van der Waals surface area contributed by atoms with E-state index in [1.54, 1.807) is 29.2 Å². The smallest absolute Gasteiger partial charge is 0.242 e. The molecule has 0 aliphatic rings. The van der Waals surface area contributed by atoms with Gasteiger partial charge in [-0.2, -0.15) is 0 Å². The first kappa shape index (κ1) is 26.8. The van der Waals surface area contributed by atoms with Crippen molar-refractivity contribution in [1.82, 2.24) is 10.2 Å². The van der Waals surface area contributed by atoms with Crippen LogP contribution in [0.15, 0.2) is 42.5 Å². The molecule has 0 spiro atoms. The summed E-state index contributed by atoms with van der Waals surface area (Å²) in [6.07, 6.45) is 2.43. The summed E-state index contributed by atoms with van der Waals surface area (Å²) >= 11 is 19.7. The molecular formula is C24H29Cl3N2O2S. The first-order chi connectivity index (χ1) is 15.3. The Morgan fingerprint density at radius 2 is 1.72 bits per heavy atom. The number of amides is 2. The number of nitrogens with one attached hydrogen (secondary N) is 1. The number of thioether (sulfide) groups is 1. The number of nitrogens with zero attached hydrogens (tertiary/aromatic N) is 1. The molecule has 2 amide bonds. The Morgan fingerprint density at radius 1 is 1.03 bits per heavy atom. The predicted molar refractivity (Wildman–Crippen MR) is 137 cm³/mol. The first-order valence-electron chi connectivity index (χ1n) is 10.7. The van der Waals surface area contributed by atoms with Crippen LogP contribution in [0.3, 0.4) is 0 Å². The maximum Gasteiger partial charge on any atom is 0.242 e. The lowest BCUT2D eigenvalue weighted by atomic mass is 10.1. The maximum atomic E-state index is 13.2. The van der Waals surface area contributed by atoms with Crippen molar-refractivity contribution < 1.29 is 9.59 Å². The monoisotopic (exact) mass is 514 g/mol. The maximum absolute atomic E-state index is 13.2. The lowest BCUT2D eigenvalue weighted by Gasteiger charge is -2.30. The van der Waals surface area contributed by atoms with Gasteiger partial charge in [-0.25, -0.2) is 0 Å². The fourth-order valence-corrected chi connectivity index (χ4v) is 4.78. The molecule has 32 heavy (non-hydrogen) atoms. The van der Waals surface area contributed by atoms with Crippen LogP contribution in [-0.4, -0.2) is 35.1 Å². The second kappa shape index (κ2) is 14.0. The van der Waals surface area contributed by atoms with Crippen molar-refractivity contribution in [2.24, 2.45) is 0 Å². The summed E-state index contributed by atoms with van der Waals surface area (Å²) in [5, 5.41) is 4.76. The third kappa shape index (κ3) is 8.51. The lowest BCUT2D eigenvalue weighted by Crippen LogP contribution is -2.49. The minimum atomic E-state index is -0.533. The van der Waals surface area contributed by atoms with Gasteiger partial charge in [-0.05, 0) is 48.2 Å². The highest BCUT2D eigenvalue weighted by Gasteiger charge is 2.28. The Labute approximate surface area is 210 Å². The molecule has 0 aliphatic carbocycles. The summed E-state index contributed by atoms with van der Waals surface area (Å²) < 4.78 is 0. The molecule has 1 unspecified atom stereocenters. The predicted octanol–water partition coefficient (Wildman–Crippen LogP) is 6.60. The highest BCUT2D eigenvalue weighted by atomic mass is 35.5. The van der Waals surface area contributed by atoms with Gasteiger partial charge >= 0.3 is 0 Å². The standard InChI is InChI=1S/C24H29Cl3N2O2S/c1-3-5-12-28-24(31)22(4-2)29(14-17-6-9-19(25)10-7-17)23(30)16-32-15-18-8-11-20(26)13-21(18)27/h6-11,13,22H,3-5,12,14-16H2,1-2H3,(H,28,31). The van der Waals surface area contributed by atoms with Crippen LogP contribution in [0, 0.1) is 0 Å². The highest BCUT2D eigenvalue weighted by Crippen LogP contribution is 2.25. The van der Waals surface area contributed by atoms with Crippen molar-refractivity contribution in [2.75, 3.05) is 12.3 Å². The van der Waals surface area contributed by atoms with E-state index in [-0.39, 0.29) is 17.6 Å². The molecule has 0 aliphatic heterocycles. The average molecular weight is 516 g/mol. The van der Waals surface area contributed by atoms with Crippen molar-refractivity contribution in [3.8, 4) is 0 Å². The fourth-order valence-electron chi connectivity index (χ4n) is 3.18. The number of unbranched alkanes of at least 4 members (excludes halogenated alkanes) is 1. The van der Waals surface area contributed by atoms with E-state index in [0.29, 0.717) is 40.3 Å². The molecule has 1 N–H and O–H groups in total. The minimum absolute atomic E-state index is 0.0903. The summed E-state index contributed by atoms with van der Waals surface area (Å²) in [7, 11) is 0. The first-order valence-corrected chi connectivity index (χ1v) is 13.0. The van der Waals surface area contributed by atoms with E-state index < -0.39 is 6.04 Å². The van der Waals surface area contributed by atoms with E-state index >= 15 is 0 Å². The Bertz CT molecular complexity index is 893. The van der Waals surface area contributed by atoms with Crippen molar-refractivity contribution in [1.29, 1.82) is 0 Å². The van der Waals surface area contributed by atoms with E-state index in [4.69, 9.17) is 34.8 Å². The van der Waals surface area contributed by atoms with Crippen LogP contribution in [0.1, 0.15) is 44.2 Å². The van der Waals surface area contributed by atoms with E-state index in [0.717, 1.165) is 24.0 Å². The van der Waals surface area contributed by atoms with Gasteiger partial charge < -0.3 is 10.2 Å². The van der Waals surface area contributed by atoms with Crippen LogP contribution in [0.2, 0.25) is 15.1 Å². The molecule has 0 bridgehead atoms. The molecule has 4 nitrogen and oxygen atoms in total.